The number of allylic oxidation sites excluding steroid dienone is 2. The molecule has 1 nitrogen and oxygen atoms in total. The van der Waals surface area contributed by atoms with Crippen molar-refractivity contribution in [2.45, 2.75) is 98.2 Å². The molecule has 0 heterocycles. The molecule has 0 aromatic carbocycles. The van der Waals surface area contributed by atoms with E-state index in [0.717, 1.165) is 29.6 Å². The van der Waals surface area contributed by atoms with Gasteiger partial charge >= 0.3 is 0 Å². The van der Waals surface area contributed by atoms with E-state index in [0.29, 0.717) is 16.9 Å². The Labute approximate surface area is 156 Å². The van der Waals surface area contributed by atoms with Crippen molar-refractivity contribution in [2.75, 3.05) is 0 Å². The first-order valence-electron chi connectivity index (χ1n) is 11.0. The fourth-order valence-electron chi connectivity index (χ4n) is 7.76. The Kier molecular flexibility index (Phi) is 4.23. The van der Waals surface area contributed by atoms with Crippen molar-refractivity contribution in [3.05, 3.63) is 12.2 Å². The van der Waals surface area contributed by atoms with Crippen LogP contribution in [-0.2, 0) is 4.74 Å². The lowest BCUT2D eigenvalue weighted by atomic mass is 9.45. The molecule has 5 unspecified atom stereocenters. The third-order valence-corrected chi connectivity index (χ3v) is 8.65. The summed E-state index contributed by atoms with van der Waals surface area (Å²) in [4.78, 5) is 0. The van der Waals surface area contributed by atoms with E-state index in [1.165, 1.54) is 44.9 Å². The molecule has 0 spiro atoms. The van der Waals surface area contributed by atoms with Gasteiger partial charge in [-0.05, 0) is 106 Å². The van der Waals surface area contributed by atoms with Gasteiger partial charge in [-0.25, -0.2) is 0 Å². The van der Waals surface area contributed by atoms with Crippen LogP contribution in [0.25, 0.3) is 0 Å². The summed E-state index contributed by atoms with van der Waals surface area (Å²) in [5, 5.41) is 0. The average Bonchev–Trinajstić information content (AvgIpc) is 2.80. The molecule has 4 rings (SSSR count). The number of ether oxygens (including phenoxy) is 1. The van der Waals surface area contributed by atoms with E-state index in [9.17, 15) is 0 Å². The van der Waals surface area contributed by atoms with E-state index in [2.05, 4.69) is 53.7 Å². The van der Waals surface area contributed by atoms with Gasteiger partial charge in [0.25, 0.3) is 0 Å². The number of hydrogen-bond acceptors (Lipinski definition) is 1. The second-order valence-corrected chi connectivity index (χ2v) is 11.6. The molecule has 0 aromatic rings. The summed E-state index contributed by atoms with van der Waals surface area (Å²) in [6.45, 7) is 14.5. The minimum Gasteiger partial charge on any atom is -0.372 e. The van der Waals surface area contributed by atoms with Crippen molar-refractivity contribution in [3.63, 3.8) is 0 Å². The topological polar surface area (TPSA) is 9.23 Å². The first kappa shape index (κ1) is 18.1. The lowest BCUT2D eigenvalue weighted by Crippen LogP contribution is -2.57. The van der Waals surface area contributed by atoms with Gasteiger partial charge in [0.1, 0.15) is 0 Å². The molecule has 8 atom stereocenters. The molecule has 3 saturated carbocycles. The quantitative estimate of drug-likeness (QED) is 0.485. The second-order valence-electron chi connectivity index (χ2n) is 11.6. The number of fused-ring (bicyclic) bond motifs is 5. The fraction of sp³-hybridized carbons (Fsp3) is 0.917. The van der Waals surface area contributed by atoms with Gasteiger partial charge in [-0.2, -0.15) is 0 Å². The van der Waals surface area contributed by atoms with Gasteiger partial charge < -0.3 is 4.74 Å². The van der Waals surface area contributed by atoms with Gasteiger partial charge in [0.2, 0.25) is 0 Å². The van der Waals surface area contributed by atoms with Crippen LogP contribution < -0.4 is 0 Å². The Morgan fingerprint density at radius 1 is 1.04 bits per heavy atom. The van der Waals surface area contributed by atoms with Crippen LogP contribution in [0.4, 0.5) is 0 Å². The normalized spacial score (nSPS) is 52.4. The van der Waals surface area contributed by atoms with Crippen molar-refractivity contribution in [1.29, 1.82) is 0 Å². The van der Waals surface area contributed by atoms with Crippen molar-refractivity contribution < 1.29 is 4.74 Å². The van der Waals surface area contributed by atoms with Crippen molar-refractivity contribution in [2.24, 2.45) is 40.4 Å². The summed E-state index contributed by atoms with van der Waals surface area (Å²) in [6, 6.07) is 0. The van der Waals surface area contributed by atoms with Crippen LogP contribution in [0.1, 0.15) is 86.5 Å². The van der Waals surface area contributed by atoms with Gasteiger partial charge in [0.15, 0.2) is 0 Å². The van der Waals surface area contributed by atoms with Gasteiger partial charge in [0.05, 0.1) is 11.7 Å². The van der Waals surface area contributed by atoms with Crippen molar-refractivity contribution in [1.82, 2.24) is 0 Å². The molecule has 25 heavy (non-hydrogen) atoms. The van der Waals surface area contributed by atoms with Crippen LogP contribution in [0.5, 0.6) is 0 Å². The molecule has 0 aromatic heterocycles. The molecule has 142 valence electrons. The Balaban J connectivity index is 1.72. The number of rotatable bonds is 1. The SMILES string of the molecule is CC1CC2C3C(CC[C@]2(C)C1)[C@@]1(C)CCC=CC1C[C@@H]3OC(C)(C)C. The molecule has 0 bridgehead atoms. The molecule has 0 aliphatic heterocycles. The van der Waals surface area contributed by atoms with E-state index in [-0.39, 0.29) is 5.60 Å². The van der Waals surface area contributed by atoms with Crippen LogP contribution >= 0.6 is 0 Å². The zero-order valence-corrected chi connectivity index (χ0v) is 17.5. The maximum atomic E-state index is 6.80. The highest BCUT2D eigenvalue weighted by atomic mass is 16.5. The molecule has 0 amide bonds. The monoisotopic (exact) mass is 344 g/mol. The van der Waals surface area contributed by atoms with Gasteiger partial charge in [-0.3, -0.25) is 0 Å². The molecule has 4 aliphatic carbocycles. The summed E-state index contributed by atoms with van der Waals surface area (Å²) in [7, 11) is 0. The lowest BCUT2D eigenvalue weighted by Gasteiger charge is -2.61. The summed E-state index contributed by atoms with van der Waals surface area (Å²) in [6.07, 6.45) is 15.2. The highest BCUT2D eigenvalue weighted by molar-refractivity contribution is 5.15. The van der Waals surface area contributed by atoms with Crippen molar-refractivity contribution >= 4 is 0 Å². The predicted molar refractivity (Wildman–Crippen MR) is 105 cm³/mol. The van der Waals surface area contributed by atoms with Crippen LogP contribution in [0, 0.1) is 40.4 Å². The molecular weight excluding hydrogens is 304 g/mol. The van der Waals surface area contributed by atoms with Crippen LogP contribution in [0.3, 0.4) is 0 Å². The van der Waals surface area contributed by atoms with Gasteiger partial charge in [-0.1, -0.05) is 32.9 Å². The van der Waals surface area contributed by atoms with E-state index in [1.54, 1.807) is 0 Å². The zero-order chi connectivity index (χ0) is 18.0. The first-order chi connectivity index (χ1) is 11.6. The van der Waals surface area contributed by atoms with Crippen LogP contribution in [0.2, 0.25) is 0 Å². The number of hydrogen-bond donors (Lipinski definition) is 0. The third kappa shape index (κ3) is 2.93. The first-order valence-corrected chi connectivity index (χ1v) is 11.0. The molecule has 0 N–H and O–H groups in total. The summed E-state index contributed by atoms with van der Waals surface area (Å²) < 4.78 is 6.80. The molecule has 0 saturated heterocycles. The summed E-state index contributed by atoms with van der Waals surface area (Å²) in [5.74, 6) is 4.18. The molecule has 3 fully saturated rings. The van der Waals surface area contributed by atoms with Gasteiger partial charge in [-0.15, -0.1) is 0 Å². The van der Waals surface area contributed by atoms with E-state index < -0.39 is 0 Å². The largest absolute Gasteiger partial charge is 0.372 e. The second kappa shape index (κ2) is 5.85. The fourth-order valence-corrected chi connectivity index (χ4v) is 7.76. The summed E-state index contributed by atoms with van der Waals surface area (Å²) >= 11 is 0. The molecular formula is C24H40O. The Morgan fingerprint density at radius 3 is 2.52 bits per heavy atom. The molecule has 0 radical (unpaired) electrons. The van der Waals surface area contributed by atoms with Crippen molar-refractivity contribution in [3.8, 4) is 0 Å². The maximum absolute atomic E-state index is 6.80. The van der Waals surface area contributed by atoms with E-state index in [4.69, 9.17) is 4.74 Å². The lowest BCUT2D eigenvalue weighted by molar-refractivity contribution is -0.191. The molecule has 1 heteroatoms. The van der Waals surface area contributed by atoms with Gasteiger partial charge in [0, 0.05) is 0 Å². The zero-order valence-electron chi connectivity index (χ0n) is 17.5. The predicted octanol–water partition coefficient (Wildman–Crippen LogP) is 6.62. The summed E-state index contributed by atoms with van der Waals surface area (Å²) in [5.41, 5.74) is 1.07. The van der Waals surface area contributed by atoms with E-state index >= 15 is 0 Å². The van der Waals surface area contributed by atoms with Crippen LogP contribution in [0.15, 0.2) is 12.2 Å². The average molecular weight is 345 g/mol. The Bertz CT molecular complexity index is 543. The minimum atomic E-state index is -0.0284. The standard InChI is InChI=1S/C24H40O/c1-16-13-19-21-18(10-12-23(19,5)15-16)24(6)11-8-7-9-17(24)14-20(21)25-22(2,3)4/h7,9,16-21H,8,10-15H2,1-6H3/t16?,17?,18?,19?,20-,21?,23+,24-/m0/s1. The molecule has 4 aliphatic rings. The third-order valence-electron chi connectivity index (χ3n) is 8.65. The van der Waals surface area contributed by atoms with Crippen LogP contribution in [-0.4, -0.2) is 11.7 Å². The Morgan fingerprint density at radius 2 is 1.80 bits per heavy atom. The highest BCUT2D eigenvalue weighted by Crippen LogP contribution is 2.66. The maximum Gasteiger partial charge on any atom is 0.0621 e. The minimum absolute atomic E-state index is 0.0284. The highest BCUT2D eigenvalue weighted by Gasteiger charge is 2.61. The smallest absolute Gasteiger partial charge is 0.0621 e. The van der Waals surface area contributed by atoms with E-state index in [1.807, 2.05) is 0 Å². The Hall–Kier alpha value is -0.300.